The van der Waals surface area contributed by atoms with Gasteiger partial charge in [0.1, 0.15) is 5.69 Å². The number of hydrogen-bond acceptors (Lipinski definition) is 3. The van der Waals surface area contributed by atoms with E-state index in [0.717, 1.165) is 10.2 Å². The van der Waals surface area contributed by atoms with Crippen LogP contribution < -0.4 is 0 Å². The van der Waals surface area contributed by atoms with Crippen molar-refractivity contribution in [3.8, 4) is 0 Å². The van der Waals surface area contributed by atoms with Crippen LogP contribution in [-0.2, 0) is 19.8 Å². The molecule has 5 nitrogen and oxygen atoms in total. The number of rotatable bonds is 3. The van der Waals surface area contributed by atoms with Gasteiger partial charge < -0.3 is 4.90 Å². The number of hydrogen-bond donors (Lipinski definition) is 0. The lowest BCUT2D eigenvalue weighted by atomic mass is 10.2. The Morgan fingerprint density at radius 1 is 1.18 bits per heavy atom. The van der Waals surface area contributed by atoms with Gasteiger partial charge in [-0.15, -0.1) is 0 Å². The molecule has 0 atom stereocenters. The van der Waals surface area contributed by atoms with Gasteiger partial charge in [0.15, 0.2) is 5.69 Å². The van der Waals surface area contributed by atoms with Crippen LogP contribution in [0.15, 0.2) is 22.7 Å². The van der Waals surface area contributed by atoms with Crippen LogP contribution in [0.1, 0.15) is 21.7 Å². The summed E-state index contributed by atoms with van der Waals surface area (Å²) < 4.78 is 39.7. The first-order chi connectivity index (χ1) is 13.1. The van der Waals surface area contributed by atoms with Gasteiger partial charge in [0.2, 0.25) is 0 Å². The van der Waals surface area contributed by atoms with Gasteiger partial charge in [0.25, 0.3) is 5.91 Å². The second kappa shape index (κ2) is 8.22. The maximum absolute atomic E-state index is 13.0. The van der Waals surface area contributed by atoms with Crippen LogP contribution in [0.4, 0.5) is 13.2 Å². The van der Waals surface area contributed by atoms with Crippen LogP contribution in [0.3, 0.4) is 0 Å². The second-order valence-electron chi connectivity index (χ2n) is 6.45. The van der Waals surface area contributed by atoms with Gasteiger partial charge >= 0.3 is 6.18 Å². The van der Waals surface area contributed by atoms with Crippen molar-refractivity contribution in [1.82, 2.24) is 19.6 Å². The molecular formula is C17H16BrCl2F3N4O. The van der Waals surface area contributed by atoms with Crippen molar-refractivity contribution >= 4 is 45.0 Å². The summed E-state index contributed by atoms with van der Waals surface area (Å²) in [6.07, 6.45) is -4.63. The largest absolute Gasteiger partial charge is 0.436 e. The van der Waals surface area contributed by atoms with E-state index in [-0.39, 0.29) is 10.2 Å². The highest BCUT2D eigenvalue weighted by atomic mass is 79.9. The summed E-state index contributed by atoms with van der Waals surface area (Å²) in [6.45, 7) is 2.63. The number of benzene rings is 1. The fourth-order valence-electron chi connectivity index (χ4n) is 3.07. The molecule has 1 aliphatic heterocycles. The number of carbonyl (C=O) groups excluding carboxylic acids is 1. The highest BCUT2D eigenvalue weighted by Gasteiger charge is 2.40. The third kappa shape index (κ3) is 4.48. The molecule has 2 aromatic rings. The minimum atomic E-state index is -4.63. The van der Waals surface area contributed by atoms with Gasteiger partial charge in [-0.1, -0.05) is 29.3 Å². The van der Waals surface area contributed by atoms with E-state index in [1.165, 1.54) is 11.9 Å². The fourth-order valence-corrected chi connectivity index (χ4v) is 4.12. The maximum Gasteiger partial charge on any atom is 0.436 e. The van der Waals surface area contributed by atoms with Crippen molar-refractivity contribution in [2.24, 2.45) is 7.05 Å². The Balaban J connectivity index is 1.66. The zero-order valence-electron chi connectivity index (χ0n) is 14.7. The average Bonchev–Trinajstić information content (AvgIpc) is 2.93. The van der Waals surface area contributed by atoms with Gasteiger partial charge in [-0.05, 0) is 33.6 Å². The first-order valence-electron chi connectivity index (χ1n) is 8.33. The average molecular weight is 500 g/mol. The predicted molar refractivity (Wildman–Crippen MR) is 104 cm³/mol. The van der Waals surface area contributed by atoms with E-state index < -0.39 is 17.8 Å². The quantitative estimate of drug-likeness (QED) is 0.625. The minimum absolute atomic E-state index is 0.106. The Morgan fingerprint density at radius 3 is 2.36 bits per heavy atom. The molecule has 1 saturated heterocycles. The zero-order chi connectivity index (χ0) is 20.6. The van der Waals surface area contributed by atoms with Crippen LogP contribution in [-0.4, -0.2) is 51.7 Å². The number of amides is 1. The molecule has 0 saturated carbocycles. The van der Waals surface area contributed by atoms with Crippen molar-refractivity contribution in [2.45, 2.75) is 12.7 Å². The lowest BCUT2D eigenvalue weighted by Crippen LogP contribution is -2.48. The number of nitrogens with zero attached hydrogens (tertiary/aromatic N) is 4. The zero-order valence-corrected chi connectivity index (χ0v) is 17.8. The molecule has 1 aliphatic rings. The predicted octanol–water partition coefficient (Wildman–Crippen LogP) is 4.47. The van der Waals surface area contributed by atoms with E-state index in [2.05, 4.69) is 25.9 Å². The summed E-state index contributed by atoms with van der Waals surface area (Å²) >= 11 is 14.8. The Morgan fingerprint density at radius 2 is 1.82 bits per heavy atom. The molecular weight excluding hydrogens is 484 g/mol. The topological polar surface area (TPSA) is 41.4 Å². The van der Waals surface area contributed by atoms with Crippen LogP contribution in [0.25, 0.3) is 0 Å². The van der Waals surface area contributed by atoms with E-state index >= 15 is 0 Å². The molecule has 2 heterocycles. The molecule has 0 spiro atoms. The standard InChI is InChI=1S/C17H16BrCl2F3N4O/c1-25-14(13(18)15(24-25)17(21,22)23)16(28)27-6-4-26(5-7-27)9-10-2-3-11(19)12(20)8-10/h2-3,8H,4-7,9H2,1H3. The number of aryl methyl sites for hydroxylation is 1. The Kier molecular flexibility index (Phi) is 6.29. The van der Waals surface area contributed by atoms with Crippen molar-refractivity contribution in [3.63, 3.8) is 0 Å². The van der Waals surface area contributed by atoms with Crippen LogP contribution >= 0.6 is 39.1 Å². The lowest BCUT2D eigenvalue weighted by Gasteiger charge is -2.34. The molecule has 0 aliphatic carbocycles. The first kappa shape index (κ1) is 21.4. The highest BCUT2D eigenvalue weighted by Crippen LogP contribution is 2.36. The number of piperazine rings is 1. The Hall–Kier alpha value is -1.29. The Labute approximate surface area is 178 Å². The second-order valence-corrected chi connectivity index (χ2v) is 8.06. The number of carbonyl (C=O) groups is 1. The molecule has 0 bridgehead atoms. The molecule has 1 amide bonds. The normalized spacial score (nSPS) is 15.9. The van der Waals surface area contributed by atoms with E-state index in [1.807, 2.05) is 6.07 Å². The van der Waals surface area contributed by atoms with Crippen LogP contribution in [0, 0.1) is 0 Å². The molecule has 1 aromatic carbocycles. The van der Waals surface area contributed by atoms with Crippen molar-refractivity contribution < 1.29 is 18.0 Å². The third-order valence-corrected chi connectivity index (χ3v) is 6.00. The van der Waals surface area contributed by atoms with Gasteiger partial charge in [-0.3, -0.25) is 14.4 Å². The third-order valence-electron chi connectivity index (χ3n) is 4.51. The maximum atomic E-state index is 13.0. The van der Waals surface area contributed by atoms with Crippen molar-refractivity contribution in [3.05, 3.63) is 49.7 Å². The number of halogens is 6. The van der Waals surface area contributed by atoms with E-state index in [1.54, 1.807) is 12.1 Å². The van der Waals surface area contributed by atoms with Gasteiger partial charge in [0, 0.05) is 39.8 Å². The summed E-state index contributed by atoms with van der Waals surface area (Å²) in [6, 6.07) is 5.42. The van der Waals surface area contributed by atoms with Gasteiger partial charge in [-0.25, -0.2) is 0 Å². The van der Waals surface area contributed by atoms with E-state index in [4.69, 9.17) is 23.2 Å². The molecule has 0 N–H and O–H groups in total. The highest BCUT2D eigenvalue weighted by molar-refractivity contribution is 9.10. The SMILES string of the molecule is Cn1nc(C(F)(F)F)c(Br)c1C(=O)N1CCN(Cc2ccc(Cl)c(Cl)c2)CC1. The summed E-state index contributed by atoms with van der Waals surface area (Å²) in [7, 11) is 1.33. The molecule has 152 valence electrons. The van der Waals surface area contributed by atoms with Gasteiger partial charge in [0.05, 0.1) is 14.5 Å². The minimum Gasteiger partial charge on any atom is -0.335 e. The summed E-state index contributed by atoms with van der Waals surface area (Å²) in [4.78, 5) is 16.4. The summed E-state index contributed by atoms with van der Waals surface area (Å²) in [5.74, 6) is -0.480. The number of alkyl halides is 3. The molecule has 0 unspecified atom stereocenters. The van der Waals surface area contributed by atoms with Crippen LogP contribution in [0.5, 0.6) is 0 Å². The smallest absolute Gasteiger partial charge is 0.335 e. The molecule has 28 heavy (non-hydrogen) atoms. The van der Waals surface area contributed by atoms with E-state index in [9.17, 15) is 18.0 Å². The lowest BCUT2D eigenvalue weighted by molar-refractivity contribution is -0.142. The van der Waals surface area contributed by atoms with Crippen LogP contribution in [0.2, 0.25) is 10.0 Å². The number of aromatic nitrogens is 2. The molecule has 1 aromatic heterocycles. The van der Waals surface area contributed by atoms with E-state index in [0.29, 0.717) is 42.8 Å². The molecule has 0 radical (unpaired) electrons. The monoisotopic (exact) mass is 498 g/mol. The van der Waals surface area contributed by atoms with Crippen molar-refractivity contribution in [2.75, 3.05) is 26.2 Å². The van der Waals surface area contributed by atoms with Crippen molar-refractivity contribution in [1.29, 1.82) is 0 Å². The summed E-state index contributed by atoms with van der Waals surface area (Å²) in [5, 5.41) is 4.41. The first-order valence-corrected chi connectivity index (χ1v) is 9.88. The fraction of sp³-hybridized carbons (Fsp3) is 0.412. The molecule has 11 heteroatoms. The van der Waals surface area contributed by atoms with Gasteiger partial charge in [-0.2, -0.15) is 18.3 Å². The molecule has 1 fully saturated rings. The Bertz CT molecular complexity index is 895. The molecule has 3 rings (SSSR count). The summed E-state index contributed by atoms with van der Waals surface area (Å²) in [5.41, 5.74) is -0.208.